The Morgan fingerprint density at radius 2 is 1.37 bits per heavy atom. The lowest BCUT2D eigenvalue weighted by atomic mass is 9.93. The summed E-state index contributed by atoms with van der Waals surface area (Å²) in [6.45, 7) is 12.8. The Hall–Kier alpha value is -1.77. The summed E-state index contributed by atoms with van der Waals surface area (Å²) in [6, 6.07) is 11.9. The van der Waals surface area contributed by atoms with Gasteiger partial charge >= 0.3 is 0 Å². The first-order valence-corrected chi connectivity index (χ1v) is 10.0. The minimum absolute atomic E-state index is 0.417. The number of aliphatic imine (C=N–C) groups is 1. The molecule has 2 nitrogen and oxygen atoms in total. The van der Waals surface area contributed by atoms with E-state index in [1.54, 1.807) is 0 Å². The van der Waals surface area contributed by atoms with Crippen LogP contribution in [0.2, 0.25) is 10.0 Å². The minimum Gasteiger partial charge on any atom is -0.357 e. The number of allylic oxidation sites excluding steroid dienone is 2. The number of para-hydroxylation sites is 2. The van der Waals surface area contributed by atoms with E-state index in [0.29, 0.717) is 27.6 Å². The van der Waals surface area contributed by atoms with Crippen LogP contribution in [0.5, 0.6) is 0 Å². The molecule has 4 heteroatoms. The van der Waals surface area contributed by atoms with E-state index in [4.69, 9.17) is 28.2 Å². The predicted octanol–water partition coefficient (Wildman–Crippen LogP) is 8.35. The zero-order valence-electron chi connectivity index (χ0n) is 16.9. The highest BCUT2D eigenvalue weighted by atomic mass is 35.5. The predicted molar refractivity (Wildman–Crippen MR) is 121 cm³/mol. The lowest BCUT2D eigenvalue weighted by molar-refractivity contribution is 0.834. The van der Waals surface area contributed by atoms with Crippen LogP contribution in [0.25, 0.3) is 0 Å². The van der Waals surface area contributed by atoms with Gasteiger partial charge in [0.2, 0.25) is 0 Å². The van der Waals surface area contributed by atoms with Gasteiger partial charge in [-0.2, -0.15) is 0 Å². The Morgan fingerprint density at radius 3 is 1.85 bits per heavy atom. The van der Waals surface area contributed by atoms with Crippen LogP contribution in [0.15, 0.2) is 53.2 Å². The van der Waals surface area contributed by atoms with Gasteiger partial charge in [0.05, 0.1) is 21.4 Å². The van der Waals surface area contributed by atoms with Crippen molar-refractivity contribution in [3.05, 3.63) is 69.3 Å². The molecule has 27 heavy (non-hydrogen) atoms. The van der Waals surface area contributed by atoms with Crippen molar-refractivity contribution in [2.45, 2.75) is 53.4 Å². The summed E-state index contributed by atoms with van der Waals surface area (Å²) in [7, 11) is 0. The van der Waals surface area contributed by atoms with Crippen LogP contribution in [-0.2, 0) is 0 Å². The summed E-state index contributed by atoms with van der Waals surface area (Å²) < 4.78 is 0. The van der Waals surface area contributed by atoms with Crippen molar-refractivity contribution in [1.82, 2.24) is 0 Å². The van der Waals surface area contributed by atoms with Gasteiger partial charge in [0.1, 0.15) is 0 Å². The largest absolute Gasteiger partial charge is 0.357 e. The van der Waals surface area contributed by atoms with Crippen LogP contribution in [0, 0.1) is 0 Å². The second-order valence-electron chi connectivity index (χ2n) is 7.40. The van der Waals surface area contributed by atoms with Gasteiger partial charge in [0.15, 0.2) is 0 Å². The first-order valence-electron chi connectivity index (χ1n) is 9.28. The average Bonchev–Trinajstić information content (AvgIpc) is 2.57. The van der Waals surface area contributed by atoms with Crippen molar-refractivity contribution in [3.63, 3.8) is 0 Å². The molecule has 1 N–H and O–H groups in total. The topological polar surface area (TPSA) is 24.4 Å². The third kappa shape index (κ3) is 5.60. The lowest BCUT2D eigenvalue weighted by Gasteiger charge is -2.17. The summed E-state index contributed by atoms with van der Waals surface area (Å²) in [5, 5.41) is 4.48. The molecule has 0 spiro atoms. The Bertz CT molecular complexity index is 818. The smallest absolute Gasteiger partial charge is 0.0760 e. The fraction of sp³-hybridized carbons (Fsp3) is 0.348. The zero-order chi connectivity index (χ0) is 20.1. The molecule has 2 aromatic carbocycles. The standard InChI is InChI=1S/C23H28Cl2N2/c1-14(2)18-9-7-10-19(15(3)4)22(18)26-16(5)13-17(6)27-23-20(24)11-8-12-21(23)25/h7-15,27H,1-6H3/b17-13-,26-16?. The quantitative estimate of drug-likeness (QED) is 0.482. The highest BCUT2D eigenvalue weighted by molar-refractivity contribution is 6.39. The minimum atomic E-state index is 0.417. The van der Waals surface area contributed by atoms with Gasteiger partial charge in [0.25, 0.3) is 0 Å². The molecule has 0 aliphatic heterocycles. The fourth-order valence-corrected chi connectivity index (χ4v) is 3.51. The molecule has 0 heterocycles. The van der Waals surface area contributed by atoms with Gasteiger partial charge < -0.3 is 5.32 Å². The van der Waals surface area contributed by atoms with Crippen LogP contribution in [-0.4, -0.2) is 5.71 Å². The molecular weight excluding hydrogens is 375 g/mol. The lowest BCUT2D eigenvalue weighted by Crippen LogP contribution is -2.01. The van der Waals surface area contributed by atoms with Crippen LogP contribution in [0.1, 0.15) is 64.5 Å². The maximum atomic E-state index is 6.25. The summed E-state index contributed by atoms with van der Waals surface area (Å²) >= 11 is 12.5. The molecule has 0 radical (unpaired) electrons. The number of rotatable bonds is 6. The zero-order valence-corrected chi connectivity index (χ0v) is 18.4. The van der Waals surface area contributed by atoms with Crippen LogP contribution >= 0.6 is 23.2 Å². The number of hydrogen-bond donors (Lipinski definition) is 1. The van der Waals surface area contributed by atoms with Crippen LogP contribution < -0.4 is 5.32 Å². The van der Waals surface area contributed by atoms with E-state index < -0.39 is 0 Å². The SMILES string of the molecule is CC(/C=C(/C)Nc1c(Cl)cccc1Cl)=Nc1c(C(C)C)cccc1C(C)C. The molecular formula is C23H28Cl2N2. The van der Waals surface area contributed by atoms with Crippen LogP contribution in [0.3, 0.4) is 0 Å². The summed E-state index contributed by atoms with van der Waals surface area (Å²) in [5.41, 5.74) is 6.20. The molecule has 0 aliphatic rings. The second kappa shape index (κ2) is 9.43. The van der Waals surface area contributed by atoms with E-state index in [9.17, 15) is 0 Å². The van der Waals surface area contributed by atoms with Gasteiger partial charge in [-0.25, -0.2) is 0 Å². The van der Waals surface area contributed by atoms with E-state index in [0.717, 1.165) is 17.1 Å². The third-order valence-corrected chi connectivity index (χ3v) is 4.97. The van der Waals surface area contributed by atoms with Gasteiger partial charge in [0, 0.05) is 11.4 Å². The number of benzene rings is 2. The van der Waals surface area contributed by atoms with Gasteiger partial charge in [-0.3, -0.25) is 4.99 Å². The summed E-state index contributed by atoms with van der Waals surface area (Å²) in [4.78, 5) is 4.96. The first kappa shape index (κ1) is 21.5. The van der Waals surface area contributed by atoms with Crippen LogP contribution in [0.4, 0.5) is 11.4 Å². The number of anilines is 1. The van der Waals surface area contributed by atoms with Gasteiger partial charge in [-0.15, -0.1) is 0 Å². The molecule has 0 unspecified atom stereocenters. The van der Waals surface area contributed by atoms with E-state index in [-0.39, 0.29) is 0 Å². The van der Waals surface area contributed by atoms with Crippen molar-refractivity contribution < 1.29 is 0 Å². The Kier molecular flexibility index (Phi) is 7.52. The Morgan fingerprint density at radius 1 is 0.889 bits per heavy atom. The van der Waals surface area contributed by atoms with Crippen molar-refractivity contribution in [2.75, 3.05) is 5.32 Å². The number of hydrogen-bond acceptors (Lipinski definition) is 2. The van der Waals surface area contributed by atoms with E-state index >= 15 is 0 Å². The van der Waals surface area contributed by atoms with E-state index in [1.165, 1.54) is 11.1 Å². The maximum Gasteiger partial charge on any atom is 0.0760 e. The third-order valence-electron chi connectivity index (χ3n) is 4.34. The number of nitrogens with one attached hydrogen (secondary N) is 1. The first-order chi connectivity index (χ1) is 12.7. The van der Waals surface area contributed by atoms with Crippen molar-refractivity contribution in [2.24, 2.45) is 4.99 Å². The molecule has 0 saturated heterocycles. The van der Waals surface area contributed by atoms with E-state index in [2.05, 4.69) is 51.2 Å². The monoisotopic (exact) mass is 402 g/mol. The molecule has 0 aliphatic carbocycles. The van der Waals surface area contributed by atoms with Crippen molar-refractivity contribution in [1.29, 1.82) is 0 Å². The molecule has 0 fully saturated rings. The highest BCUT2D eigenvalue weighted by Crippen LogP contribution is 2.35. The van der Waals surface area contributed by atoms with Gasteiger partial charge in [-0.1, -0.05) is 75.2 Å². The molecule has 0 atom stereocenters. The molecule has 0 amide bonds. The Balaban J connectivity index is 2.38. The molecule has 0 saturated carbocycles. The van der Waals surface area contributed by atoms with Crippen molar-refractivity contribution in [3.8, 4) is 0 Å². The molecule has 0 bridgehead atoms. The Labute approximate surface area is 173 Å². The number of halogens is 2. The molecule has 0 aromatic heterocycles. The molecule has 2 rings (SSSR count). The van der Waals surface area contributed by atoms with Crippen molar-refractivity contribution >= 4 is 40.3 Å². The highest BCUT2D eigenvalue weighted by Gasteiger charge is 2.13. The fourth-order valence-electron chi connectivity index (χ4n) is 3.01. The average molecular weight is 403 g/mol. The maximum absolute atomic E-state index is 6.25. The van der Waals surface area contributed by atoms with E-state index in [1.807, 2.05) is 38.1 Å². The molecule has 144 valence electrons. The summed E-state index contributed by atoms with van der Waals surface area (Å²) in [6.07, 6.45) is 2.01. The number of nitrogens with zero attached hydrogens (tertiary/aromatic N) is 1. The summed E-state index contributed by atoms with van der Waals surface area (Å²) in [5.74, 6) is 0.834. The van der Waals surface area contributed by atoms with Gasteiger partial charge in [-0.05, 0) is 55.0 Å². The molecule has 2 aromatic rings. The second-order valence-corrected chi connectivity index (χ2v) is 8.21. The normalized spacial score (nSPS) is 12.8.